The second kappa shape index (κ2) is 6.52. The molecule has 0 radical (unpaired) electrons. The number of amides is 1. The molecule has 4 aromatic rings. The third-order valence-electron chi connectivity index (χ3n) is 4.78. The van der Waals surface area contributed by atoms with Gasteiger partial charge in [0.15, 0.2) is 0 Å². The molecular weight excluding hydrogens is 354 g/mol. The number of carbonyl (C=O) groups is 1. The number of hydrogen-bond donors (Lipinski definition) is 2. The zero-order valence-corrected chi connectivity index (χ0v) is 15.3. The van der Waals surface area contributed by atoms with Crippen molar-refractivity contribution < 1.29 is 4.79 Å². The molecule has 0 bridgehead atoms. The maximum absolute atomic E-state index is 12.9. The predicted octanol–water partition coefficient (Wildman–Crippen LogP) is 4.63. The molecule has 2 N–H and O–H groups in total. The SMILES string of the molecule is O=C1Nc2ccccc2C(c2cccs2)=NC1Cc1cc2ccccc2[nH]1. The number of anilines is 1. The van der Waals surface area contributed by atoms with Crippen molar-refractivity contribution in [1.29, 1.82) is 0 Å². The van der Waals surface area contributed by atoms with E-state index in [1.54, 1.807) is 11.3 Å². The van der Waals surface area contributed by atoms with Crippen LogP contribution in [0.2, 0.25) is 0 Å². The summed E-state index contributed by atoms with van der Waals surface area (Å²) in [6.45, 7) is 0. The van der Waals surface area contributed by atoms with Gasteiger partial charge in [-0.1, -0.05) is 42.5 Å². The summed E-state index contributed by atoms with van der Waals surface area (Å²) in [5.41, 5.74) is 4.74. The number of rotatable bonds is 3. The monoisotopic (exact) mass is 371 g/mol. The molecule has 0 saturated heterocycles. The number of nitrogens with one attached hydrogen (secondary N) is 2. The Morgan fingerprint density at radius 3 is 2.70 bits per heavy atom. The summed E-state index contributed by atoms with van der Waals surface area (Å²) in [4.78, 5) is 22.3. The Kier molecular flexibility index (Phi) is 3.87. The fraction of sp³-hybridized carbons (Fsp3) is 0.0909. The van der Waals surface area contributed by atoms with E-state index in [1.165, 1.54) is 0 Å². The molecule has 1 aliphatic heterocycles. The zero-order chi connectivity index (χ0) is 18.2. The summed E-state index contributed by atoms with van der Waals surface area (Å²) < 4.78 is 0. The van der Waals surface area contributed by atoms with Crippen molar-refractivity contribution >= 4 is 39.5 Å². The molecule has 27 heavy (non-hydrogen) atoms. The number of hydrogen-bond acceptors (Lipinski definition) is 3. The lowest BCUT2D eigenvalue weighted by atomic mass is 10.1. The Bertz CT molecular complexity index is 1120. The number of aromatic nitrogens is 1. The summed E-state index contributed by atoms with van der Waals surface area (Å²) in [7, 11) is 0. The van der Waals surface area contributed by atoms with Gasteiger partial charge in [-0.2, -0.15) is 0 Å². The number of carbonyl (C=O) groups excluding carboxylic acids is 1. The van der Waals surface area contributed by atoms with Gasteiger partial charge in [-0.05, 0) is 35.0 Å². The highest BCUT2D eigenvalue weighted by molar-refractivity contribution is 7.12. The number of benzodiazepines with no additional fused rings is 1. The number of aromatic amines is 1. The molecular formula is C22H17N3OS. The molecule has 4 nitrogen and oxygen atoms in total. The van der Waals surface area contributed by atoms with Crippen molar-refractivity contribution in [3.63, 3.8) is 0 Å². The Labute approximate surface area is 160 Å². The van der Waals surface area contributed by atoms with Gasteiger partial charge < -0.3 is 10.3 Å². The first kappa shape index (κ1) is 16.0. The van der Waals surface area contributed by atoms with Gasteiger partial charge in [0.1, 0.15) is 6.04 Å². The van der Waals surface area contributed by atoms with Crippen molar-refractivity contribution in [3.05, 3.63) is 88.2 Å². The highest BCUT2D eigenvalue weighted by Crippen LogP contribution is 2.27. The van der Waals surface area contributed by atoms with Gasteiger partial charge >= 0.3 is 0 Å². The standard InChI is InChI=1S/C22H17N3OS/c26-22-19(13-15-12-14-6-1-3-8-17(14)23-15)24-21(20-10-5-11-27-20)16-7-2-4-9-18(16)25-22/h1-12,19,23H,13H2,(H,25,26). The molecule has 0 spiro atoms. The van der Waals surface area contributed by atoms with E-state index < -0.39 is 6.04 Å². The first-order valence-electron chi connectivity index (χ1n) is 8.86. The number of aliphatic imine (C=N–C) groups is 1. The van der Waals surface area contributed by atoms with E-state index in [1.807, 2.05) is 53.9 Å². The molecule has 1 aliphatic rings. The summed E-state index contributed by atoms with van der Waals surface area (Å²) in [6, 6.07) is 21.7. The second-order valence-electron chi connectivity index (χ2n) is 6.59. The number of fused-ring (bicyclic) bond motifs is 2. The summed E-state index contributed by atoms with van der Waals surface area (Å²) in [5, 5.41) is 6.24. The normalized spacial score (nSPS) is 16.5. The molecule has 5 heteroatoms. The van der Waals surface area contributed by atoms with Crippen molar-refractivity contribution in [2.45, 2.75) is 12.5 Å². The molecule has 2 aromatic carbocycles. The number of para-hydroxylation sites is 2. The van der Waals surface area contributed by atoms with Crippen LogP contribution in [0, 0.1) is 0 Å². The van der Waals surface area contributed by atoms with Gasteiger partial charge in [0.25, 0.3) is 0 Å². The summed E-state index contributed by atoms with van der Waals surface area (Å²) >= 11 is 1.64. The minimum atomic E-state index is -0.484. The van der Waals surface area contributed by atoms with E-state index in [9.17, 15) is 4.79 Å². The molecule has 132 valence electrons. The van der Waals surface area contributed by atoms with Crippen LogP contribution in [0.3, 0.4) is 0 Å². The molecule has 1 unspecified atom stereocenters. The lowest BCUT2D eigenvalue weighted by molar-refractivity contribution is -0.117. The van der Waals surface area contributed by atoms with Crippen molar-refractivity contribution in [1.82, 2.24) is 4.98 Å². The predicted molar refractivity (Wildman–Crippen MR) is 111 cm³/mol. The fourth-order valence-corrected chi connectivity index (χ4v) is 4.23. The van der Waals surface area contributed by atoms with E-state index in [0.717, 1.165) is 38.4 Å². The summed E-state index contributed by atoms with van der Waals surface area (Å²) in [6.07, 6.45) is 0.531. The Hall–Kier alpha value is -3.18. The molecule has 1 atom stereocenters. The van der Waals surface area contributed by atoms with Gasteiger partial charge in [0.05, 0.1) is 16.3 Å². The van der Waals surface area contributed by atoms with Gasteiger partial charge in [0.2, 0.25) is 5.91 Å². The molecule has 0 fully saturated rings. The molecule has 3 heterocycles. The van der Waals surface area contributed by atoms with Crippen molar-refractivity contribution in [2.24, 2.45) is 4.99 Å². The Morgan fingerprint density at radius 2 is 1.85 bits per heavy atom. The van der Waals surface area contributed by atoms with Crippen LogP contribution in [-0.2, 0) is 11.2 Å². The number of thiophene rings is 1. The first-order chi connectivity index (χ1) is 13.3. The van der Waals surface area contributed by atoms with Gasteiger partial charge in [0, 0.05) is 23.2 Å². The van der Waals surface area contributed by atoms with Crippen LogP contribution in [0.1, 0.15) is 16.1 Å². The average Bonchev–Trinajstić information content (AvgIpc) is 3.32. The van der Waals surface area contributed by atoms with Crippen molar-refractivity contribution in [3.8, 4) is 0 Å². The van der Waals surface area contributed by atoms with Crippen molar-refractivity contribution in [2.75, 3.05) is 5.32 Å². The maximum atomic E-state index is 12.9. The minimum absolute atomic E-state index is 0.0762. The van der Waals surface area contributed by atoms with E-state index in [4.69, 9.17) is 4.99 Å². The van der Waals surface area contributed by atoms with Gasteiger partial charge in [-0.15, -0.1) is 11.3 Å². The molecule has 0 saturated carbocycles. The van der Waals surface area contributed by atoms with E-state index >= 15 is 0 Å². The Morgan fingerprint density at radius 1 is 1.00 bits per heavy atom. The lowest BCUT2D eigenvalue weighted by Crippen LogP contribution is -2.27. The largest absolute Gasteiger partial charge is 0.358 e. The minimum Gasteiger partial charge on any atom is -0.358 e. The second-order valence-corrected chi connectivity index (χ2v) is 7.54. The average molecular weight is 371 g/mol. The molecule has 2 aromatic heterocycles. The maximum Gasteiger partial charge on any atom is 0.249 e. The highest BCUT2D eigenvalue weighted by atomic mass is 32.1. The topological polar surface area (TPSA) is 57.2 Å². The summed E-state index contributed by atoms with van der Waals surface area (Å²) in [5.74, 6) is -0.0762. The molecule has 1 amide bonds. The first-order valence-corrected chi connectivity index (χ1v) is 9.74. The van der Waals surface area contributed by atoms with Gasteiger partial charge in [-0.3, -0.25) is 9.79 Å². The third kappa shape index (κ3) is 2.96. The van der Waals surface area contributed by atoms with Crippen LogP contribution in [0.5, 0.6) is 0 Å². The molecule has 5 rings (SSSR count). The van der Waals surface area contributed by atoms with Crippen LogP contribution in [-0.4, -0.2) is 22.6 Å². The third-order valence-corrected chi connectivity index (χ3v) is 5.66. The number of nitrogens with zero attached hydrogens (tertiary/aromatic N) is 1. The van der Waals surface area contributed by atoms with Crippen LogP contribution < -0.4 is 5.32 Å². The highest BCUT2D eigenvalue weighted by Gasteiger charge is 2.26. The van der Waals surface area contributed by atoms with Gasteiger partial charge in [-0.25, -0.2) is 0 Å². The van der Waals surface area contributed by atoms with E-state index in [0.29, 0.717) is 6.42 Å². The quantitative estimate of drug-likeness (QED) is 0.542. The van der Waals surface area contributed by atoms with Crippen LogP contribution in [0.25, 0.3) is 10.9 Å². The smallest absolute Gasteiger partial charge is 0.249 e. The van der Waals surface area contributed by atoms with Crippen LogP contribution in [0.4, 0.5) is 5.69 Å². The van der Waals surface area contributed by atoms with Crippen LogP contribution in [0.15, 0.2) is 77.1 Å². The van der Waals surface area contributed by atoms with E-state index in [2.05, 4.69) is 28.5 Å². The zero-order valence-electron chi connectivity index (χ0n) is 14.5. The van der Waals surface area contributed by atoms with E-state index in [-0.39, 0.29) is 5.91 Å². The number of benzene rings is 2. The van der Waals surface area contributed by atoms with Crippen LogP contribution >= 0.6 is 11.3 Å². The fourth-order valence-electron chi connectivity index (χ4n) is 3.50. The number of H-pyrrole nitrogens is 1. The lowest BCUT2D eigenvalue weighted by Gasteiger charge is -2.09. The molecule has 0 aliphatic carbocycles. The Balaban J connectivity index is 1.57.